The zero-order chi connectivity index (χ0) is 27.9. The van der Waals surface area contributed by atoms with Gasteiger partial charge < -0.3 is 25.4 Å². The molecule has 210 valence electrons. The van der Waals surface area contributed by atoms with Crippen molar-refractivity contribution in [3.8, 4) is 0 Å². The van der Waals surface area contributed by atoms with Crippen LogP contribution in [0.25, 0.3) is 0 Å². The number of benzene rings is 1. The highest BCUT2D eigenvalue weighted by molar-refractivity contribution is 7.98. The largest absolute Gasteiger partial charge is 0.480 e. The van der Waals surface area contributed by atoms with Gasteiger partial charge >= 0.3 is 12.1 Å². The third-order valence-electron chi connectivity index (χ3n) is 7.12. The molecule has 1 heterocycles. The molecule has 1 fully saturated rings. The molecule has 1 unspecified atom stereocenters. The van der Waals surface area contributed by atoms with Crippen LogP contribution in [0.3, 0.4) is 0 Å². The number of carbonyl (C=O) groups is 4. The van der Waals surface area contributed by atoms with Gasteiger partial charge in [0, 0.05) is 13.0 Å². The second-order valence-corrected chi connectivity index (χ2v) is 12.1. The number of aliphatic carboxylic acids is 1. The van der Waals surface area contributed by atoms with Gasteiger partial charge in [0.2, 0.25) is 11.8 Å². The SMILES string of the molecule is CSCC[C@@H](NC(=O)[C@H]1Cc2ccccc2CN1C(=O)C(NC(=O)OC(C)(C)C)C1CCCCC1)C(=O)O. The lowest BCUT2D eigenvalue weighted by atomic mass is 9.82. The minimum Gasteiger partial charge on any atom is -0.480 e. The van der Waals surface area contributed by atoms with E-state index in [2.05, 4.69) is 10.6 Å². The van der Waals surface area contributed by atoms with Gasteiger partial charge in [0.15, 0.2) is 0 Å². The van der Waals surface area contributed by atoms with Gasteiger partial charge in [-0.25, -0.2) is 9.59 Å². The Morgan fingerprint density at radius 1 is 1.08 bits per heavy atom. The lowest BCUT2D eigenvalue weighted by Gasteiger charge is -2.40. The predicted molar refractivity (Wildman–Crippen MR) is 147 cm³/mol. The topological polar surface area (TPSA) is 125 Å². The van der Waals surface area contributed by atoms with E-state index in [0.29, 0.717) is 5.75 Å². The molecule has 3 N–H and O–H groups in total. The quantitative estimate of drug-likeness (QED) is 0.430. The van der Waals surface area contributed by atoms with E-state index in [9.17, 15) is 24.3 Å². The number of hydrogen-bond donors (Lipinski definition) is 3. The first kappa shape index (κ1) is 29.8. The summed E-state index contributed by atoms with van der Waals surface area (Å²) in [5, 5.41) is 15.2. The molecule has 3 amide bonds. The molecule has 1 aliphatic heterocycles. The van der Waals surface area contributed by atoms with E-state index in [-0.39, 0.29) is 31.2 Å². The standard InChI is InChI=1S/C28H41N3O6S/c1-28(2,3)37-27(36)30-23(18-10-6-5-7-11-18)25(33)31-17-20-13-9-8-12-19(20)16-22(31)24(32)29-21(26(34)35)14-15-38-4/h8-9,12-13,18,21-23H,5-7,10-11,14-17H2,1-4H3,(H,29,32)(H,30,36)(H,34,35)/t21-,22-,23?/m1/s1. The summed E-state index contributed by atoms with van der Waals surface area (Å²) < 4.78 is 5.48. The Bertz CT molecular complexity index is 1000. The van der Waals surface area contributed by atoms with Crippen molar-refractivity contribution >= 4 is 35.6 Å². The maximum atomic E-state index is 14.2. The molecule has 2 aliphatic rings. The van der Waals surface area contributed by atoms with Crippen LogP contribution in [-0.2, 0) is 32.1 Å². The number of alkyl carbamates (subject to hydrolysis) is 1. The zero-order valence-corrected chi connectivity index (χ0v) is 23.6. The Morgan fingerprint density at radius 3 is 2.34 bits per heavy atom. The molecule has 9 nitrogen and oxygen atoms in total. The number of hydrogen-bond acceptors (Lipinski definition) is 6. The van der Waals surface area contributed by atoms with E-state index < -0.39 is 41.7 Å². The van der Waals surface area contributed by atoms with Gasteiger partial charge in [0.1, 0.15) is 23.7 Å². The molecule has 1 aromatic carbocycles. The fourth-order valence-electron chi connectivity index (χ4n) is 5.21. The van der Waals surface area contributed by atoms with Gasteiger partial charge in [0.05, 0.1) is 0 Å². The molecule has 3 atom stereocenters. The van der Waals surface area contributed by atoms with E-state index in [1.165, 1.54) is 16.7 Å². The molecule has 3 rings (SSSR count). The van der Waals surface area contributed by atoms with Crippen LogP contribution in [0.1, 0.15) is 70.4 Å². The number of carboxylic acid groups (broad SMARTS) is 1. The first-order chi connectivity index (χ1) is 18.0. The van der Waals surface area contributed by atoms with Crippen molar-refractivity contribution in [2.24, 2.45) is 5.92 Å². The van der Waals surface area contributed by atoms with Crippen molar-refractivity contribution in [3.05, 3.63) is 35.4 Å². The summed E-state index contributed by atoms with van der Waals surface area (Å²) >= 11 is 1.50. The number of thioether (sulfide) groups is 1. The van der Waals surface area contributed by atoms with Crippen LogP contribution < -0.4 is 10.6 Å². The summed E-state index contributed by atoms with van der Waals surface area (Å²) in [6.07, 6.45) is 6.37. The van der Waals surface area contributed by atoms with Crippen LogP contribution in [-0.4, -0.2) is 69.6 Å². The third-order valence-corrected chi connectivity index (χ3v) is 7.76. The van der Waals surface area contributed by atoms with Crippen LogP contribution in [0, 0.1) is 5.92 Å². The average Bonchev–Trinajstić information content (AvgIpc) is 2.87. The molecule has 38 heavy (non-hydrogen) atoms. The Kier molecular flexibility index (Phi) is 10.5. The number of nitrogens with one attached hydrogen (secondary N) is 2. The molecular weight excluding hydrogens is 506 g/mol. The minimum atomic E-state index is -1.10. The highest BCUT2D eigenvalue weighted by Crippen LogP contribution is 2.31. The van der Waals surface area contributed by atoms with Crippen LogP contribution in [0.4, 0.5) is 4.79 Å². The minimum absolute atomic E-state index is 0.0713. The second kappa shape index (κ2) is 13.4. The van der Waals surface area contributed by atoms with E-state index >= 15 is 0 Å². The van der Waals surface area contributed by atoms with E-state index in [1.807, 2.05) is 30.5 Å². The Balaban J connectivity index is 1.90. The lowest BCUT2D eigenvalue weighted by molar-refractivity contribution is -0.147. The van der Waals surface area contributed by atoms with Crippen molar-refractivity contribution in [1.29, 1.82) is 0 Å². The molecule has 0 radical (unpaired) electrons. The zero-order valence-electron chi connectivity index (χ0n) is 22.8. The fraction of sp³-hybridized carbons (Fsp3) is 0.643. The van der Waals surface area contributed by atoms with Crippen LogP contribution in [0.15, 0.2) is 24.3 Å². The van der Waals surface area contributed by atoms with Crippen LogP contribution in [0.5, 0.6) is 0 Å². The molecule has 0 aromatic heterocycles. The van der Waals surface area contributed by atoms with Crippen LogP contribution in [0.2, 0.25) is 0 Å². The number of amides is 3. The first-order valence-electron chi connectivity index (χ1n) is 13.4. The number of ether oxygens (including phenoxy) is 1. The van der Waals surface area contributed by atoms with E-state index in [4.69, 9.17) is 4.74 Å². The summed E-state index contributed by atoms with van der Waals surface area (Å²) in [5.74, 6) is -1.43. The highest BCUT2D eigenvalue weighted by atomic mass is 32.2. The Hall–Kier alpha value is -2.75. The van der Waals surface area contributed by atoms with Gasteiger partial charge in [0.25, 0.3) is 0 Å². The summed E-state index contributed by atoms with van der Waals surface area (Å²) in [6.45, 7) is 5.50. The maximum Gasteiger partial charge on any atom is 0.408 e. The smallest absolute Gasteiger partial charge is 0.408 e. The molecule has 10 heteroatoms. The molecule has 1 aliphatic carbocycles. The van der Waals surface area contributed by atoms with Crippen molar-refractivity contribution in [3.63, 3.8) is 0 Å². The lowest BCUT2D eigenvalue weighted by Crippen LogP contribution is -2.60. The summed E-state index contributed by atoms with van der Waals surface area (Å²) in [7, 11) is 0. The average molecular weight is 548 g/mol. The molecular formula is C28H41N3O6S. The first-order valence-corrected chi connectivity index (χ1v) is 14.8. The summed E-state index contributed by atoms with van der Waals surface area (Å²) in [6, 6.07) is 4.87. The predicted octanol–water partition coefficient (Wildman–Crippen LogP) is 3.74. The molecule has 1 aromatic rings. The third kappa shape index (κ3) is 8.12. The van der Waals surface area contributed by atoms with Crippen molar-refractivity contribution in [2.45, 2.75) is 96.0 Å². The van der Waals surface area contributed by atoms with Gasteiger partial charge in [-0.05, 0) is 69.1 Å². The number of carboxylic acids is 1. The van der Waals surface area contributed by atoms with Gasteiger partial charge in [-0.2, -0.15) is 11.8 Å². The number of carbonyl (C=O) groups excluding carboxylic acids is 3. The Labute approximate surface area is 229 Å². The molecule has 0 spiro atoms. The van der Waals surface area contributed by atoms with Crippen molar-refractivity contribution in [1.82, 2.24) is 15.5 Å². The van der Waals surface area contributed by atoms with E-state index in [0.717, 1.165) is 43.2 Å². The highest BCUT2D eigenvalue weighted by Gasteiger charge is 2.42. The second-order valence-electron chi connectivity index (χ2n) is 11.2. The summed E-state index contributed by atoms with van der Waals surface area (Å²) in [4.78, 5) is 53.8. The molecule has 1 saturated carbocycles. The molecule has 0 saturated heterocycles. The number of fused-ring (bicyclic) bond motifs is 1. The normalized spacial score (nSPS) is 19.6. The van der Waals surface area contributed by atoms with Crippen LogP contribution >= 0.6 is 11.8 Å². The van der Waals surface area contributed by atoms with Gasteiger partial charge in [-0.1, -0.05) is 43.5 Å². The maximum absolute atomic E-state index is 14.2. The number of nitrogens with zero attached hydrogens (tertiary/aromatic N) is 1. The van der Waals surface area contributed by atoms with Crippen molar-refractivity contribution < 1.29 is 29.0 Å². The van der Waals surface area contributed by atoms with Gasteiger partial charge in [-0.3, -0.25) is 9.59 Å². The number of rotatable bonds is 9. The molecule has 0 bridgehead atoms. The fourth-order valence-corrected chi connectivity index (χ4v) is 5.68. The van der Waals surface area contributed by atoms with Crippen molar-refractivity contribution in [2.75, 3.05) is 12.0 Å². The van der Waals surface area contributed by atoms with E-state index in [1.54, 1.807) is 20.8 Å². The van der Waals surface area contributed by atoms with Gasteiger partial charge in [-0.15, -0.1) is 0 Å². The Morgan fingerprint density at radius 2 is 1.74 bits per heavy atom. The monoisotopic (exact) mass is 547 g/mol. The summed E-state index contributed by atoms with van der Waals surface area (Å²) in [5.41, 5.74) is 1.16.